The van der Waals surface area contributed by atoms with Crippen molar-refractivity contribution in [2.45, 2.75) is 19.8 Å². The third-order valence-electron chi connectivity index (χ3n) is 2.63. The minimum Gasteiger partial charge on any atom is -0.396 e. The molecule has 0 aliphatic rings. The summed E-state index contributed by atoms with van der Waals surface area (Å²) in [6, 6.07) is 9.35. The molecule has 19 heavy (non-hydrogen) atoms. The van der Waals surface area contributed by atoms with Gasteiger partial charge in [0.25, 0.3) is 5.91 Å². The zero-order valence-electron chi connectivity index (χ0n) is 10.7. The summed E-state index contributed by atoms with van der Waals surface area (Å²) < 4.78 is 0. The first kappa shape index (κ1) is 13.7. The van der Waals surface area contributed by atoms with Gasteiger partial charge in [0, 0.05) is 18.7 Å². The Bertz CT molecular complexity index is 552. The largest absolute Gasteiger partial charge is 0.396 e. The van der Waals surface area contributed by atoms with E-state index in [9.17, 15) is 4.79 Å². The van der Waals surface area contributed by atoms with Gasteiger partial charge >= 0.3 is 0 Å². The molecule has 0 bridgehead atoms. The van der Waals surface area contributed by atoms with Crippen LogP contribution >= 0.6 is 11.3 Å². The molecule has 0 atom stereocenters. The molecule has 0 saturated carbocycles. The average molecular weight is 276 g/mol. The van der Waals surface area contributed by atoms with Crippen molar-refractivity contribution >= 4 is 22.9 Å². The molecule has 2 rings (SSSR count). The minimum atomic E-state index is -0.128. The van der Waals surface area contributed by atoms with Crippen molar-refractivity contribution in [2.24, 2.45) is 0 Å². The summed E-state index contributed by atoms with van der Waals surface area (Å²) >= 11 is 1.39. The van der Waals surface area contributed by atoms with Crippen LogP contribution < -0.4 is 5.32 Å². The van der Waals surface area contributed by atoms with Crippen LogP contribution in [0.15, 0.2) is 30.3 Å². The lowest BCUT2D eigenvalue weighted by Crippen LogP contribution is -2.11. The van der Waals surface area contributed by atoms with E-state index in [-0.39, 0.29) is 12.5 Å². The normalized spacial score (nSPS) is 10.4. The maximum absolute atomic E-state index is 12.1. The molecule has 0 spiro atoms. The Morgan fingerprint density at radius 2 is 2.11 bits per heavy atom. The molecule has 0 fully saturated rings. The van der Waals surface area contributed by atoms with Crippen LogP contribution in [0, 0.1) is 6.92 Å². The molecule has 0 radical (unpaired) electrons. The van der Waals surface area contributed by atoms with Crippen LogP contribution in [0.4, 0.5) is 5.69 Å². The maximum atomic E-state index is 12.1. The molecule has 1 aromatic carbocycles. The van der Waals surface area contributed by atoms with E-state index in [0.29, 0.717) is 17.7 Å². The lowest BCUT2D eigenvalue weighted by molar-refractivity contribution is 0.103. The number of nitrogens with one attached hydrogen (secondary N) is 1. The predicted molar refractivity (Wildman–Crippen MR) is 76.7 cm³/mol. The zero-order valence-corrected chi connectivity index (χ0v) is 11.5. The van der Waals surface area contributed by atoms with E-state index in [1.807, 2.05) is 37.3 Å². The first-order chi connectivity index (χ1) is 9.20. The van der Waals surface area contributed by atoms with Crippen LogP contribution in [0.2, 0.25) is 0 Å². The number of aromatic nitrogens is 1. The molecule has 1 amide bonds. The van der Waals surface area contributed by atoms with Gasteiger partial charge in [-0.25, -0.2) is 4.98 Å². The number of benzene rings is 1. The third kappa shape index (κ3) is 3.62. The summed E-state index contributed by atoms with van der Waals surface area (Å²) in [5, 5.41) is 12.5. The van der Waals surface area contributed by atoms with Gasteiger partial charge in [-0.3, -0.25) is 4.79 Å². The summed E-state index contributed by atoms with van der Waals surface area (Å²) in [5.74, 6) is -0.128. The molecular weight excluding hydrogens is 260 g/mol. The fraction of sp³-hybridized carbons (Fsp3) is 0.286. The van der Waals surface area contributed by atoms with Crippen LogP contribution in [0.5, 0.6) is 0 Å². The van der Waals surface area contributed by atoms with Crippen molar-refractivity contribution in [1.29, 1.82) is 0 Å². The van der Waals surface area contributed by atoms with Gasteiger partial charge in [0.2, 0.25) is 0 Å². The molecule has 0 saturated heterocycles. The molecule has 2 N–H and O–H groups in total. The smallest absolute Gasteiger partial charge is 0.267 e. The van der Waals surface area contributed by atoms with Gasteiger partial charge in [-0.2, -0.15) is 0 Å². The van der Waals surface area contributed by atoms with Crippen LogP contribution in [0.25, 0.3) is 0 Å². The number of amides is 1. The van der Waals surface area contributed by atoms with Gasteiger partial charge in [-0.05, 0) is 25.5 Å². The first-order valence-electron chi connectivity index (χ1n) is 6.14. The fourth-order valence-corrected chi connectivity index (χ4v) is 2.71. The van der Waals surface area contributed by atoms with Gasteiger partial charge < -0.3 is 10.4 Å². The van der Waals surface area contributed by atoms with Crippen molar-refractivity contribution < 1.29 is 9.90 Å². The highest BCUT2D eigenvalue weighted by molar-refractivity contribution is 7.13. The van der Waals surface area contributed by atoms with Crippen molar-refractivity contribution in [2.75, 3.05) is 11.9 Å². The number of nitrogens with zero attached hydrogens (tertiary/aromatic N) is 1. The number of carbonyl (C=O) groups is 1. The van der Waals surface area contributed by atoms with Gasteiger partial charge in [-0.1, -0.05) is 18.2 Å². The highest BCUT2D eigenvalue weighted by atomic mass is 32.1. The third-order valence-corrected chi connectivity index (χ3v) is 3.84. The number of anilines is 1. The Hall–Kier alpha value is -1.72. The number of carbonyl (C=O) groups excluding carboxylic acids is 1. The van der Waals surface area contributed by atoms with Crippen molar-refractivity contribution in [1.82, 2.24) is 4.98 Å². The summed E-state index contributed by atoms with van der Waals surface area (Å²) in [4.78, 5) is 17.1. The Morgan fingerprint density at radius 3 is 2.79 bits per heavy atom. The van der Waals surface area contributed by atoms with E-state index in [1.54, 1.807) is 0 Å². The average Bonchev–Trinajstić information content (AvgIpc) is 2.79. The first-order valence-corrected chi connectivity index (χ1v) is 6.96. The minimum absolute atomic E-state index is 0.128. The van der Waals surface area contributed by atoms with Crippen LogP contribution in [0.1, 0.15) is 26.8 Å². The SMILES string of the molecule is Cc1nc(CCCO)sc1C(=O)Nc1ccccc1. The van der Waals surface area contributed by atoms with E-state index >= 15 is 0 Å². The molecular formula is C14H16N2O2S. The molecule has 1 aromatic heterocycles. The monoisotopic (exact) mass is 276 g/mol. The molecule has 100 valence electrons. The number of rotatable bonds is 5. The number of aliphatic hydroxyl groups is 1. The summed E-state index contributed by atoms with van der Waals surface area (Å²) in [5.41, 5.74) is 1.52. The van der Waals surface area contributed by atoms with Crippen molar-refractivity contribution in [3.8, 4) is 0 Å². The molecule has 1 heterocycles. The second-order valence-corrected chi connectivity index (χ2v) is 5.25. The van der Waals surface area contributed by atoms with Gasteiger partial charge in [0.05, 0.1) is 10.7 Å². The highest BCUT2D eigenvalue weighted by Crippen LogP contribution is 2.20. The lowest BCUT2D eigenvalue weighted by Gasteiger charge is -2.02. The van der Waals surface area contributed by atoms with Gasteiger partial charge in [0.15, 0.2) is 0 Å². The number of thiazole rings is 1. The van der Waals surface area contributed by atoms with Crippen molar-refractivity contribution in [3.05, 3.63) is 45.9 Å². The number of hydrogen-bond donors (Lipinski definition) is 2. The number of hydrogen-bond acceptors (Lipinski definition) is 4. The molecule has 2 aromatic rings. The molecule has 0 aliphatic heterocycles. The van der Waals surface area contributed by atoms with Crippen LogP contribution in [0.3, 0.4) is 0 Å². The van der Waals surface area contributed by atoms with E-state index in [0.717, 1.165) is 16.4 Å². The Kier molecular flexibility index (Phi) is 4.65. The van der Waals surface area contributed by atoms with Crippen LogP contribution in [-0.2, 0) is 6.42 Å². The summed E-state index contributed by atoms with van der Waals surface area (Å²) in [7, 11) is 0. The van der Waals surface area contributed by atoms with Gasteiger partial charge in [-0.15, -0.1) is 11.3 Å². The van der Waals surface area contributed by atoms with Crippen molar-refractivity contribution in [3.63, 3.8) is 0 Å². The standard InChI is InChI=1S/C14H16N2O2S/c1-10-13(19-12(15-10)8-5-9-17)14(18)16-11-6-3-2-4-7-11/h2-4,6-7,17H,5,8-9H2,1H3,(H,16,18). The number of para-hydroxylation sites is 1. The number of aliphatic hydroxyl groups excluding tert-OH is 1. The summed E-state index contributed by atoms with van der Waals surface area (Å²) in [6.45, 7) is 1.98. The Balaban J connectivity index is 2.08. The predicted octanol–water partition coefficient (Wildman–Crippen LogP) is 2.63. The maximum Gasteiger partial charge on any atom is 0.267 e. The molecule has 5 heteroatoms. The van der Waals surface area contributed by atoms with E-state index in [2.05, 4.69) is 10.3 Å². The zero-order chi connectivity index (χ0) is 13.7. The topological polar surface area (TPSA) is 62.2 Å². The van der Waals surface area contributed by atoms with E-state index < -0.39 is 0 Å². The molecule has 0 unspecified atom stereocenters. The van der Waals surface area contributed by atoms with E-state index in [1.165, 1.54) is 11.3 Å². The van der Waals surface area contributed by atoms with E-state index in [4.69, 9.17) is 5.11 Å². The fourth-order valence-electron chi connectivity index (χ4n) is 1.71. The molecule has 4 nitrogen and oxygen atoms in total. The van der Waals surface area contributed by atoms with Crippen LogP contribution in [-0.4, -0.2) is 22.6 Å². The number of aryl methyl sites for hydroxylation is 2. The second-order valence-electron chi connectivity index (χ2n) is 4.17. The van der Waals surface area contributed by atoms with Gasteiger partial charge in [0.1, 0.15) is 4.88 Å². The Labute approximate surface area is 116 Å². The Morgan fingerprint density at radius 1 is 1.37 bits per heavy atom. The molecule has 0 aliphatic carbocycles. The summed E-state index contributed by atoms with van der Waals surface area (Å²) in [6.07, 6.45) is 1.38. The second kappa shape index (κ2) is 6.45. The highest BCUT2D eigenvalue weighted by Gasteiger charge is 2.15. The lowest BCUT2D eigenvalue weighted by atomic mass is 10.3. The quantitative estimate of drug-likeness (QED) is 0.882.